The Bertz CT molecular complexity index is 704. The largest absolute Gasteiger partial charge is 0.391 e. The average Bonchev–Trinajstić information content (AvgIpc) is 3.07. The van der Waals surface area contributed by atoms with Crippen LogP contribution in [0.3, 0.4) is 0 Å². The summed E-state index contributed by atoms with van der Waals surface area (Å²) in [6.07, 6.45) is 1.85. The van der Waals surface area contributed by atoms with E-state index < -0.39 is 5.91 Å². The third-order valence-electron chi connectivity index (χ3n) is 3.30. The lowest BCUT2D eigenvalue weighted by Gasteiger charge is -2.17. The molecule has 1 aliphatic heterocycles. The van der Waals surface area contributed by atoms with Gasteiger partial charge in [-0.1, -0.05) is 11.3 Å². The van der Waals surface area contributed by atoms with Gasteiger partial charge in [0.15, 0.2) is 5.13 Å². The molecule has 2 aromatic rings. The highest BCUT2D eigenvalue weighted by atomic mass is 32.1. The Kier molecular flexibility index (Phi) is 3.90. The third-order valence-corrected chi connectivity index (χ3v) is 4.22. The van der Waals surface area contributed by atoms with Crippen molar-refractivity contribution in [2.24, 2.45) is 5.73 Å². The molecular formula is C13H16N6O2S. The molecule has 3 rings (SSSR count). The standard InChI is InChI=1S/C13H16N6O2S/c1-7-16-10(18-13-15-5-9(22-13)12(14)21)4-11(17-7)19-3-2-8(20)6-19/h4-5,8,20H,2-3,6H2,1H3,(H2,14,21)(H,15,16,17,18)/t8-/m0/s1. The number of carbonyl (C=O) groups excluding carboxylic acids is 1. The first kappa shape index (κ1) is 14.7. The highest BCUT2D eigenvalue weighted by Crippen LogP contribution is 2.25. The highest BCUT2D eigenvalue weighted by Gasteiger charge is 2.22. The van der Waals surface area contributed by atoms with Crippen molar-refractivity contribution >= 4 is 34.0 Å². The second-order valence-electron chi connectivity index (χ2n) is 5.07. The number of aryl methyl sites for hydroxylation is 1. The number of aliphatic hydroxyl groups is 1. The summed E-state index contributed by atoms with van der Waals surface area (Å²) in [4.78, 5) is 26.3. The Labute approximate surface area is 131 Å². The van der Waals surface area contributed by atoms with Crippen molar-refractivity contribution < 1.29 is 9.90 Å². The quantitative estimate of drug-likeness (QED) is 0.757. The normalized spacial score (nSPS) is 17.7. The van der Waals surface area contributed by atoms with Gasteiger partial charge in [0.2, 0.25) is 0 Å². The van der Waals surface area contributed by atoms with Crippen molar-refractivity contribution in [2.75, 3.05) is 23.3 Å². The Morgan fingerprint density at radius 3 is 3.00 bits per heavy atom. The number of aliphatic hydroxyl groups excluding tert-OH is 1. The maximum atomic E-state index is 11.1. The van der Waals surface area contributed by atoms with Gasteiger partial charge >= 0.3 is 0 Å². The van der Waals surface area contributed by atoms with E-state index in [2.05, 4.69) is 20.3 Å². The Hall–Kier alpha value is -2.26. The number of primary amides is 1. The number of anilines is 3. The van der Waals surface area contributed by atoms with Gasteiger partial charge in [-0.2, -0.15) is 0 Å². The minimum absolute atomic E-state index is 0.316. The smallest absolute Gasteiger partial charge is 0.260 e. The molecule has 1 aliphatic rings. The van der Waals surface area contributed by atoms with Crippen LogP contribution in [-0.2, 0) is 0 Å². The first-order valence-corrected chi connectivity index (χ1v) is 7.64. The van der Waals surface area contributed by atoms with E-state index in [1.165, 1.54) is 17.5 Å². The molecular weight excluding hydrogens is 304 g/mol. The van der Waals surface area contributed by atoms with Gasteiger partial charge in [-0.15, -0.1) is 0 Å². The number of aromatic nitrogens is 3. The lowest BCUT2D eigenvalue weighted by molar-refractivity contribution is 0.100. The van der Waals surface area contributed by atoms with E-state index in [0.717, 1.165) is 18.8 Å². The van der Waals surface area contributed by atoms with Gasteiger partial charge in [0, 0.05) is 19.2 Å². The number of nitrogens with zero attached hydrogens (tertiary/aromatic N) is 4. The molecule has 3 heterocycles. The topological polar surface area (TPSA) is 117 Å². The van der Waals surface area contributed by atoms with Gasteiger partial charge in [0.25, 0.3) is 5.91 Å². The molecule has 0 saturated carbocycles. The molecule has 1 amide bonds. The van der Waals surface area contributed by atoms with Gasteiger partial charge < -0.3 is 21.1 Å². The minimum atomic E-state index is -0.504. The Balaban J connectivity index is 1.81. The van der Waals surface area contributed by atoms with Crippen molar-refractivity contribution in [3.63, 3.8) is 0 Å². The highest BCUT2D eigenvalue weighted by molar-refractivity contribution is 7.17. The lowest BCUT2D eigenvalue weighted by Crippen LogP contribution is -2.22. The molecule has 22 heavy (non-hydrogen) atoms. The van der Waals surface area contributed by atoms with Crippen LogP contribution in [0.1, 0.15) is 21.9 Å². The number of rotatable bonds is 4. The van der Waals surface area contributed by atoms with Crippen LogP contribution < -0.4 is 16.0 Å². The van der Waals surface area contributed by atoms with Gasteiger partial charge in [-0.05, 0) is 13.3 Å². The second-order valence-corrected chi connectivity index (χ2v) is 6.10. The molecule has 0 unspecified atom stereocenters. The summed E-state index contributed by atoms with van der Waals surface area (Å²) in [6.45, 7) is 3.14. The van der Waals surface area contributed by atoms with Crippen molar-refractivity contribution in [2.45, 2.75) is 19.4 Å². The van der Waals surface area contributed by atoms with Crippen LogP contribution in [0, 0.1) is 6.92 Å². The first-order chi connectivity index (χ1) is 10.5. The van der Waals surface area contributed by atoms with Crippen LogP contribution in [-0.4, -0.2) is 45.2 Å². The van der Waals surface area contributed by atoms with Crippen LogP contribution >= 0.6 is 11.3 Å². The van der Waals surface area contributed by atoms with Crippen molar-refractivity contribution in [1.82, 2.24) is 15.0 Å². The molecule has 9 heteroatoms. The number of nitrogens with two attached hydrogens (primary N) is 1. The predicted octanol–water partition coefficient (Wildman–Crippen LogP) is 0.655. The maximum absolute atomic E-state index is 11.1. The molecule has 1 fully saturated rings. The van der Waals surface area contributed by atoms with E-state index in [4.69, 9.17) is 5.73 Å². The monoisotopic (exact) mass is 320 g/mol. The number of β-amino-alcohol motifs (C(OH)–C–C–N with tert-alkyl or cyclic N) is 1. The fourth-order valence-electron chi connectivity index (χ4n) is 2.28. The average molecular weight is 320 g/mol. The molecule has 0 aliphatic carbocycles. The number of carbonyl (C=O) groups is 1. The molecule has 0 spiro atoms. The summed E-state index contributed by atoms with van der Waals surface area (Å²) in [7, 11) is 0. The van der Waals surface area contributed by atoms with Crippen LogP contribution in [0.15, 0.2) is 12.3 Å². The number of nitrogens with one attached hydrogen (secondary N) is 1. The summed E-state index contributed by atoms with van der Waals surface area (Å²) in [5.41, 5.74) is 5.21. The van der Waals surface area contributed by atoms with Crippen molar-refractivity contribution in [3.8, 4) is 0 Å². The van der Waals surface area contributed by atoms with Gasteiger partial charge in [0.05, 0.1) is 12.3 Å². The summed E-state index contributed by atoms with van der Waals surface area (Å²) in [6, 6.07) is 1.80. The summed E-state index contributed by atoms with van der Waals surface area (Å²) in [5, 5.41) is 13.2. The van der Waals surface area contributed by atoms with E-state index in [0.29, 0.717) is 28.2 Å². The molecule has 8 nitrogen and oxygen atoms in total. The van der Waals surface area contributed by atoms with Crippen LogP contribution in [0.2, 0.25) is 0 Å². The van der Waals surface area contributed by atoms with E-state index in [1.807, 2.05) is 4.90 Å². The van der Waals surface area contributed by atoms with E-state index in [-0.39, 0.29) is 6.10 Å². The molecule has 4 N–H and O–H groups in total. The fourth-order valence-corrected chi connectivity index (χ4v) is 2.96. The SMILES string of the molecule is Cc1nc(Nc2ncc(C(N)=O)s2)cc(N2CC[C@H](O)C2)n1. The summed E-state index contributed by atoms with van der Waals surface area (Å²) in [5.74, 6) is 1.47. The zero-order valence-electron chi connectivity index (χ0n) is 12.0. The van der Waals surface area contributed by atoms with Gasteiger partial charge in [-0.25, -0.2) is 15.0 Å². The molecule has 1 atom stereocenters. The Morgan fingerprint density at radius 1 is 1.55 bits per heavy atom. The Morgan fingerprint density at radius 2 is 2.36 bits per heavy atom. The van der Waals surface area contributed by atoms with E-state index in [1.54, 1.807) is 13.0 Å². The molecule has 0 aromatic carbocycles. The molecule has 0 radical (unpaired) electrons. The number of thiazole rings is 1. The van der Waals surface area contributed by atoms with Crippen LogP contribution in [0.5, 0.6) is 0 Å². The van der Waals surface area contributed by atoms with Crippen molar-refractivity contribution in [1.29, 1.82) is 0 Å². The summed E-state index contributed by atoms with van der Waals surface area (Å²) < 4.78 is 0. The maximum Gasteiger partial charge on any atom is 0.260 e. The molecule has 0 bridgehead atoms. The van der Waals surface area contributed by atoms with Gasteiger partial charge in [-0.3, -0.25) is 4.79 Å². The first-order valence-electron chi connectivity index (χ1n) is 6.82. The second kappa shape index (κ2) is 5.85. The van der Waals surface area contributed by atoms with Crippen LogP contribution in [0.4, 0.5) is 16.8 Å². The predicted molar refractivity (Wildman–Crippen MR) is 83.5 cm³/mol. The minimum Gasteiger partial charge on any atom is -0.391 e. The van der Waals surface area contributed by atoms with E-state index >= 15 is 0 Å². The zero-order valence-corrected chi connectivity index (χ0v) is 12.8. The van der Waals surface area contributed by atoms with E-state index in [9.17, 15) is 9.90 Å². The third kappa shape index (κ3) is 3.15. The zero-order chi connectivity index (χ0) is 15.7. The number of hydrogen-bond donors (Lipinski definition) is 3. The van der Waals surface area contributed by atoms with Crippen LogP contribution in [0.25, 0.3) is 0 Å². The van der Waals surface area contributed by atoms with Crippen molar-refractivity contribution in [3.05, 3.63) is 23.0 Å². The summed E-state index contributed by atoms with van der Waals surface area (Å²) >= 11 is 1.17. The number of amides is 1. The molecule has 116 valence electrons. The molecule has 1 saturated heterocycles. The molecule has 2 aromatic heterocycles. The number of hydrogen-bond acceptors (Lipinski definition) is 8. The van der Waals surface area contributed by atoms with Gasteiger partial charge in [0.1, 0.15) is 22.3 Å². The lowest BCUT2D eigenvalue weighted by atomic mass is 10.3. The fraction of sp³-hybridized carbons (Fsp3) is 0.385.